The fraction of sp³-hybridized carbons (Fsp3) is 0.857. The lowest BCUT2D eigenvalue weighted by Gasteiger charge is -2.19. The van der Waals surface area contributed by atoms with Gasteiger partial charge >= 0.3 is 7.82 Å². The number of phosphoric ester groups is 1. The van der Waals surface area contributed by atoms with Gasteiger partial charge in [-0.1, -0.05) is 230 Å². The fourth-order valence-electron chi connectivity index (χ4n) is 6.71. The van der Waals surface area contributed by atoms with E-state index in [1.54, 1.807) is 0 Å². The number of hydrogen-bond acceptors (Lipinski definition) is 3. The first kappa shape index (κ1) is 44.4. The molecule has 0 aliphatic rings. The highest BCUT2D eigenvalue weighted by Crippen LogP contribution is 2.45. The third kappa shape index (κ3) is 29.9. The van der Waals surface area contributed by atoms with Crippen molar-refractivity contribution < 1.29 is 18.5 Å². The molecule has 276 valence electrons. The Morgan fingerprint density at radius 2 is 0.830 bits per heavy atom. The molecule has 0 amide bonds. The third-order valence-electron chi connectivity index (χ3n) is 9.87. The van der Waals surface area contributed by atoms with E-state index < -0.39 is 7.82 Å². The largest absolute Gasteiger partial charge is 0.472 e. The van der Waals surface area contributed by atoms with E-state index in [2.05, 4.69) is 26.0 Å². The molecule has 1 rings (SSSR count). The maximum Gasteiger partial charge on any atom is 0.472 e. The van der Waals surface area contributed by atoms with E-state index in [0.717, 1.165) is 25.7 Å². The molecule has 4 nitrogen and oxygen atoms in total. The first-order valence-electron chi connectivity index (χ1n) is 20.8. The van der Waals surface area contributed by atoms with Gasteiger partial charge in [-0.3, -0.25) is 9.05 Å². The molecule has 0 bridgehead atoms. The monoisotopic (exact) mass is 679 g/mol. The fourth-order valence-corrected chi connectivity index (χ4v) is 7.51. The topological polar surface area (TPSA) is 55.8 Å². The van der Waals surface area contributed by atoms with Crippen LogP contribution in [0.5, 0.6) is 0 Å². The van der Waals surface area contributed by atoms with E-state index in [9.17, 15) is 9.46 Å². The van der Waals surface area contributed by atoms with Gasteiger partial charge in [0.2, 0.25) is 0 Å². The van der Waals surface area contributed by atoms with E-state index in [-0.39, 0.29) is 12.5 Å². The van der Waals surface area contributed by atoms with Crippen LogP contribution in [0.2, 0.25) is 0 Å². The minimum atomic E-state index is -4.03. The number of unbranched alkanes of at least 4 members (excludes halogenated alkanes) is 28. The summed E-state index contributed by atoms with van der Waals surface area (Å²) >= 11 is 0. The zero-order chi connectivity index (χ0) is 33.9. The Morgan fingerprint density at radius 1 is 0.489 bits per heavy atom. The molecule has 0 aliphatic heterocycles. The summed E-state index contributed by atoms with van der Waals surface area (Å²) in [6, 6.07) is 10.3. The van der Waals surface area contributed by atoms with Crippen LogP contribution in [-0.2, 0) is 13.6 Å². The van der Waals surface area contributed by atoms with E-state index in [0.29, 0.717) is 6.61 Å². The Balaban J connectivity index is 2.06. The van der Waals surface area contributed by atoms with E-state index in [4.69, 9.17) is 9.05 Å². The highest BCUT2D eigenvalue weighted by atomic mass is 31.2. The van der Waals surface area contributed by atoms with Crippen LogP contribution in [0.3, 0.4) is 0 Å². The first-order chi connectivity index (χ1) is 23.1. The SMILES string of the molecule is CCCCCCCCCCCCCCCCCCOP(=O)(O)OCC(CCCCCCCCCCCCCCCC)c1ccccc1. The molecule has 0 fully saturated rings. The lowest BCUT2D eigenvalue weighted by molar-refractivity contribution is 0.138. The lowest BCUT2D eigenvalue weighted by Crippen LogP contribution is -2.09. The van der Waals surface area contributed by atoms with Crippen LogP contribution >= 0.6 is 7.82 Å². The first-order valence-corrected chi connectivity index (χ1v) is 22.3. The van der Waals surface area contributed by atoms with Crippen molar-refractivity contribution in [2.24, 2.45) is 0 Å². The van der Waals surface area contributed by atoms with Crippen molar-refractivity contribution in [2.75, 3.05) is 13.2 Å². The molecule has 0 spiro atoms. The highest BCUT2D eigenvalue weighted by Gasteiger charge is 2.23. The Labute approximate surface area is 293 Å². The zero-order valence-electron chi connectivity index (χ0n) is 31.4. The van der Waals surface area contributed by atoms with Crippen molar-refractivity contribution in [3.8, 4) is 0 Å². The molecule has 1 aromatic rings. The quantitative estimate of drug-likeness (QED) is 0.0562. The van der Waals surface area contributed by atoms with Crippen LogP contribution in [0.4, 0.5) is 0 Å². The predicted molar refractivity (Wildman–Crippen MR) is 205 cm³/mol. The highest BCUT2D eigenvalue weighted by molar-refractivity contribution is 7.47. The van der Waals surface area contributed by atoms with Crippen LogP contribution < -0.4 is 0 Å². The number of phosphoric acid groups is 1. The van der Waals surface area contributed by atoms with Crippen LogP contribution in [0.1, 0.15) is 224 Å². The van der Waals surface area contributed by atoms with Gasteiger partial charge in [-0.15, -0.1) is 0 Å². The van der Waals surface area contributed by atoms with E-state index in [1.807, 2.05) is 18.2 Å². The van der Waals surface area contributed by atoms with Crippen LogP contribution in [0, 0.1) is 0 Å². The van der Waals surface area contributed by atoms with Crippen molar-refractivity contribution in [1.82, 2.24) is 0 Å². The Morgan fingerprint density at radius 3 is 1.21 bits per heavy atom. The molecular weight excluding hydrogens is 599 g/mol. The Hall–Kier alpha value is -0.670. The molecule has 0 aromatic heterocycles. The van der Waals surface area contributed by atoms with Crippen molar-refractivity contribution in [3.63, 3.8) is 0 Å². The molecule has 0 saturated carbocycles. The van der Waals surface area contributed by atoms with Gasteiger partial charge in [0, 0.05) is 5.92 Å². The van der Waals surface area contributed by atoms with Crippen molar-refractivity contribution in [1.29, 1.82) is 0 Å². The summed E-state index contributed by atoms with van der Waals surface area (Å²) in [6.45, 7) is 5.09. The molecule has 5 heteroatoms. The molecule has 0 radical (unpaired) electrons. The summed E-state index contributed by atoms with van der Waals surface area (Å²) < 4.78 is 23.5. The van der Waals surface area contributed by atoms with E-state index >= 15 is 0 Å². The molecule has 1 N–H and O–H groups in total. The standard InChI is InChI=1S/C42H79O4P/c1-3-5-7-9-11-13-15-17-19-20-22-24-26-28-30-35-39-45-47(43,44)46-40-42(41-36-33-31-34-37-41)38-32-29-27-25-23-21-18-16-14-12-10-8-6-4-2/h31,33-34,36-37,42H,3-30,32,35,38-40H2,1-2H3,(H,43,44). The lowest BCUT2D eigenvalue weighted by atomic mass is 9.93. The van der Waals surface area contributed by atoms with Crippen molar-refractivity contribution in [2.45, 2.75) is 219 Å². The molecule has 47 heavy (non-hydrogen) atoms. The number of benzene rings is 1. The van der Waals surface area contributed by atoms with Gasteiger partial charge in [0.25, 0.3) is 0 Å². The van der Waals surface area contributed by atoms with E-state index in [1.165, 1.54) is 179 Å². The molecule has 0 saturated heterocycles. The summed E-state index contributed by atoms with van der Waals surface area (Å²) in [4.78, 5) is 10.3. The van der Waals surface area contributed by atoms with Gasteiger partial charge in [0.1, 0.15) is 0 Å². The summed E-state index contributed by atoms with van der Waals surface area (Å²) in [5.74, 6) is 0.119. The summed E-state index contributed by atoms with van der Waals surface area (Å²) in [7, 11) is -4.03. The van der Waals surface area contributed by atoms with Gasteiger partial charge in [-0.2, -0.15) is 0 Å². The van der Waals surface area contributed by atoms with Crippen LogP contribution in [-0.4, -0.2) is 18.1 Å². The van der Waals surface area contributed by atoms with Gasteiger partial charge in [0.15, 0.2) is 0 Å². The van der Waals surface area contributed by atoms with Gasteiger partial charge in [0.05, 0.1) is 13.2 Å². The normalized spacial score (nSPS) is 13.6. The van der Waals surface area contributed by atoms with Crippen molar-refractivity contribution >= 4 is 7.82 Å². The average Bonchev–Trinajstić information content (AvgIpc) is 3.08. The molecule has 0 aliphatic carbocycles. The molecular formula is C42H79O4P. The van der Waals surface area contributed by atoms with Crippen LogP contribution in [0.25, 0.3) is 0 Å². The van der Waals surface area contributed by atoms with Gasteiger partial charge < -0.3 is 4.89 Å². The predicted octanol–water partition coefficient (Wildman–Crippen LogP) is 15.0. The summed E-state index contributed by atoms with van der Waals surface area (Å²) in [5, 5.41) is 0. The van der Waals surface area contributed by atoms with Crippen molar-refractivity contribution in [3.05, 3.63) is 35.9 Å². The second kappa shape index (κ2) is 33.8. The summed E-state index contributed by atoms with van der Waals surface area (Å²) in [6.07, 6.45) is 40.8. The molecule has 0 heterocycles. The Bertz CT molecular complexity index is 801. The smallest absolute Gasteiger partial charge is 0.302 e. The Kier molecular flexibility index (Phi) is 31.9. The third-order valence-corrected chi connectivity index (χ3v) is 10.9. The number of hydrogen-bond donors (Lipinski definition) is 1. The molecule has 1 aromatic carbocycles. The zero-order valence-corrected chi connectivity index (χ0v) is 32.3. The second-order valence-corrected chi connectivity index (χ2v) is 15.8. The minimum Gasteiger partial charge on any atom is -0.302 e. The maximum absolute atomic E-state index is 12.6. The number of rotatable bonds is 37. The second-order valence-electron chi connectivity index (χ2n) is 14.4. The average molecular weight is 679 g/mol. The van der Waals surface area contributed by atoms with Gasteiger partial charge in [-0.25, -0.2) is 4.57 Å². The van der Waals surface area contributed by atoms with Gasteiger partial charge in [-0.05, 0) is 18.4 Å². The minimum absolute atomic E-state index is 0.119. The molecule has 2 atom stereocenters. The maximum atomic E-state index is 12.6. The van der Waals surface area contributed by atoms with Crippen LogP contribution in [0.15, 0.2) is 30.3 Å². The molecule has 2 unspecified atom stereocenters. The summed E-state index contributed by atoms with van der Waals surface area (Å²) in [5.41, 5.74) is 1.18.